The van der Waals surface area contributed by atoms with E-state index in [0.717, 1.165) is 42.7 Å². The van der Waals surface area contributed by atoms with Crippen LogP contribution in [0.1, 0.15) is 73.5 Å². The molecule has 37 heavy (non-hydrogen) atoms. The number of aromatic nitrogens is 2. The van der Waals surface area contributed by atoms with Gasteiger partial charge in [-0.1, -0.05) is 18.2 Å². The van der Waals surface area contributed by atoms with Crippen molar-refractivity contribution in [3.63, 3.8) is 0 Å². The number of hydrogen-bond acceptors (Lipinski definition) is 6. The normalized spacial score (nSPS) is 22.7. The molecule has 0 radical (unpaired) electrons. The number of ether oxygens (including phenoxy) is 1. The molecule has 0 spiro atoms. The molecule has 2 fully saturated rings. The summed E-state index contributed by atoms with van der Waals surface area (Å²) < 4.78 is 64.8. The molecule has 3 aromatic rings. The summed E-state index contributed by atoms with van der Waals surface area (Å²) in [5.74, 6) is 2.08. The topological polar surface area (TPSA) is 76.5 Å². The largest absolute Gasteiger partial charge is 0.496 e. The minimum Gasteiger partial charge on any atom is -0.496 e. The molecule has 2 aliphatic rings. The maximum Gasteiger partial charge on any atom is 0.266 e. The summed E-state index contributed by atoms with van der Waals surface area (Å²) in [5.41, 5.74) is 1.16. The van der Waals surface area contributed by atoms with E-state index in [1.807, 2.05) is 12.1 Å². The second-order valence-corrected chi connectivity index (χ2v) is 12.5. The van der Waals surface area contributed by atoms with Gasteiger partial charge in [0.25, 0.3) is 6.43 Å². The molecule has 6 nitrogen and oxygen atoms in total. The zero-order valence-electron chi connectivity index (χ0n) is 21.1. The first kappa shape index (κ1) is 25.8. The predicted molar refractivity (Wildman–Crippen MR) is 140 cm³/mol. The predicted octanol–water partition coefficient (Wildman–Crippen LogP) is 6.70. The van der Waals surface area contributed by atoms with E-state index in [-0.39, 0.29) is 17.5 Å². The Morgan fingerprint density at radius 2 is 1.81 bits per heavy atom. The van der Waals surface area contributed by atoms with Crippen molar-refractivity contribution >= 4 is 26.4 Å². The van der Waals surface area contributed by atoms with Crippen LogP contribution in [0.3, 0.4) is 0 Å². The fourth-order valence-corrected chi connectivity index (χ4v) is 7.49. The molecule has 1 unspecified atom stereocenters. The number of nitrogens with zero attached hydrogens (tertiary/aromatic N) is 3. The number of fused-ring (bicyclic) bond motifs is 1. The highest BCUT2D eigenvalue weighted by atomic mass is 32.2. The number of anilines is 1. The first-order valence-electron chi connectivity index (χ1n) is 12.6. The molecule has 1 aliphatic heterocycles. The third kappa shape index (κ3) is 5.39. The van der Waals surface area contributed by atoms with Crippen LogP contribution in [0.25, 0.3) is 10.9 Å². The quantitative estimate of drug-likeness (QED) is 0.366. The molecule has 1 saturated heterocycles. The Bertz CT molecular complexity index is 1440. The van der Waals surface area contributed by atoms with Crippen LogP contribution in [-0.4, -0.2) is 38.8 Å². The van der Waals surface area contributed by atoms with Crippen molar-refractivity contribution in [2.45, 2.75) is 64.0 Å². The van der Waals surface area contributed by atoms with Crippen molar-refractivity contribution < 1.29 is 22.1 Å². The molecule has 10 heteroatoms. The lowest BCUT2D eigenvalue weighted by Gasteiger charge is -2.27. The van der Waals surface area contributed by atoms with Crippen molar-refractivity contribution in [3.8, 4) is 5.75 Å². The lowest BCUT2D eigenvalue weighted by molar-refractivity contribution is 0.146. The summed E-state index contributed by atoms with van der Waals surface area (Å²) in [5, 5.41) is 3.95. The minimum absolute atomic E-state index is 0.136. The Balaban J connectivity index is 1.49. The lowest BCUT2D eigenvalue weighted by Crippen LogP contribution is -2.23. The molecular formula is C27H31F3N4O2S. The van der Waals surface area contributed by atoms with Gasteiger partial charge in [-0.25, -0.2) is 31.7 Å². The van der Waals surface area contributed by atoms with Gasteiger partial charge in [0.15, 0.2) is 0 Å². The van der Waals surface area contributed by atoms with Gasteiger partial charge in [0, 0.05) is 38.3 Å². The van der Waals surface area contributed by atoms with Crippen LogP contribution in [0.5, 0.6) is 5.75 Å². The van der Waals surface area contributed by atoms with E-state index in [1.165, 1.54) is 12.1 Å². The summed E-state index contributed by atoms with van der Waals surface area (Å²) >= 11 is 0. The summed E-state index contributed by atoms with van der Waals surface area (Å²) in [6.45, 7) is 3.47. The Kier molecular flexibility index (Phi) is 7.04. The van der Waals surface area contributed by atoms with Gasteiger partial charge in [0.05, 0.1) is 30.3 Å². The number of aryl methyl sites for hydroxylation is 1. The van der Waals surface area contributed by atoms with Crippen LogP contribution in [0.4, 0.5) is 19.0 Å². The van der Waals surface area contributed by atoms with E-state index < -0.39 is 33.6 Å². The molecular weight excluding hydrogens is 501 g/mol. The molecule has 1 atom stereocenters. The van der Waals surface area contributed by atoms with Crippen LogP contribution in [0.15, 0.2) is 34.7 Å². The Morgan fingerprint density at radius 1 is 1.11 bits per heavy atom. The molecule has 1 aromatic heterocycles. The Morgan fingerprint density at radius 3 is 2.46 bits per heavy atom. The molecule has 1 aliphatic carbocycles. The van der Waals surface area contributed by atoms with Gasteiger partial charge in [-0.3, -0.25) is 0 Å². The number of methoxy groups -OCH3 is 1. The van der Waals surface area contributed by atoms with Gasteiger partial charge >= 0.3 is 0 Å². The van der Waals surface area contributed by atoms with Crippen molar-refractivity contribution in [1.29, 1.82) is 0 Å². The van der Waals surface area contributed by atoms with Crippen LogP contribution < -0.4 is 10.1 Å². The number of nitrogens with one attached hydrogen (secondary N) is 1. The van der Waals surface area contributed by atoms with Gasteiger partial charge < -0.3 is 10.1 Å². The number of benzene rings is 2. The fraction of sp³-hybridized carbons (Fsp3) is 0.481. The van der Waals surface area contributed by atoms with Gasteiger partial charge in [-0.15, -0.1) is 0 Å². The second kappa shape index (κ2) is 10.1. The number of rotatable bonds is 7. The first-order valence-corrected chi connectivity index (χ1v) is 14.4. The fourth-order valence-electron chi connectivity index (χ4n) is 5.02. The molecule has 198 valence electrons. The number of hydrogen-bond donors (Lipinski definition) is 1. The molecule has 1 N–H and O–H groups in total. The van der Waals surface area contributed by atoms with E-state index in [0.29, 0.717) is 34.4 Å². The Hall–Kier alpha value is -2.88. The molecule has 0 amide bonds. The first-order chi connectivity index (χ1) is 17.7. The van der Waals surface area contributed by atoms with E-state index in [1.54, 1.807) is 21.0 Å². The van der Waals surface area contributed by atoms with Crippen LogP contribution in [0, 0.1) is 12.7 Å². The molecule has 1 saturated carbocycles. The maximum atomic E-state index is 14.8. The van der Waals surface area contributed by atoms with Gasteiger partial charge in [0.1, 0.15) is 23.2 Å². The van der Waals surface area contributed by atoms with Gasteiger partial charge in [-0.2, -0.15) is 0 Å². The second-order valence-electron chi connectivity index (χ2n) is 9.94. The standard InChI is InChI=1S/C27H31F3N4O2S/c1-15(19-5-4-6-20(25(19)28)26(29)30)31-27-22-13-21(24(36-3)14-23(22)32-16(2)33-27)17-9-11-37(35,12-10-17)34-18-7-8-18/h4-6,13-15,17-18,26H,7-12H2,1-3H3,(H,31,32,33). The average Bonchev–Trinajstić information content (AvgIpc) is 3.67. The van der Waals surface area contributed by atoms with E-state index in [4.69, 9.17) is 4.74 Å². The van der Waals surface area contributed by atoms with Crippen molar-refractivity contribution in [1.82, 2.24) is 9.97 Å². The van der Waals surface area contributed by atoms with Crippen molar-refractivity contribution in [3.05, 3.63) is 58.7 Å². The highest BCUT2D eigenvalue weighted by Crippen LogP contribution is 2.40. The van der Waals surface area contributed by atoms with E-state index in [9.17, 15) is 17.4 Å². The number of halogens is 3. The SMILES string of the molecule is COc1cc2nc(C)nc(NC(C)c3cccc(C(F)F)c3F)c2cc1C1CCS(=O)(=NC2CC2)CC1. The van der Waals surface area contributed by atoms with Crippen LogP contribution in [0.2, 0.25) is 0 Å². The summed E-state index contributed by atoms with van der Waals surface area (Å²) in [4.78, 5) is 9.13. The van der Waals surface area contributed by atoms with Crippen molar-refractivity contribution in [2.75, 3.05) is 23.9 Å². The average molecular weight is 533 g/mol. The maximum absolute atomic E-state index is 14.8. The smallest absolute Gasteiger partial charge is 0.266 e. The van der Waals surface area contributed by atoms with Crippen molar-refractivity contribution in [2.24, 2.45) is 4.36 Å². The van der Waals surface area contributed by atoms with E-state index >= 15 is 0 Å². The van der Waals surface area contributed by atoms with Gasteiger partial charge in [0.2, 0.25) is 0 Å². The van der Waals surface area contributed by atoms with E-state index in [2.05, 4.69) is 19.6 Å². The third-order valence-electron chi connectivity index (χ3n) is 7.17. The molecule has 2 aromatic carbocycles. The zero-order valence-corrected chi connectivity index (χ0v) is 22.0. The minimum atomic E-state index is -2.90. The molecule has 5 rings (SSSR count). The summed E-state index contributed by atoms with van der Waals surface area (Å²) in [7, 11) is -0.528. The molecule has 2 heterocycles. The van der Waals surface area contributed by atoms with Crippen LogP contribution >= 0.6 is 0 Å². The third-order valence-corrected chi connectivity index (χ3v) is 9.60. The summed E-state index contributed by atoms with van der Waals surface area (Å²) in [6.07, 6.45) is 0.681. The monoisotopic (exact) mass is 532 g/mol. The number of alkyl halides is 2. The zero-order chi connectivity index (χ0) is 26.3. The lowest BCUT2D eigenvalue weighted by atomic mass is 9.91. The summed E-state index contributed by atoms with van der Waals surface area (Å²) in [6, 6.07) is 7.54. The molecule has 0 bridgehead atoms. The van der Waals surface area contributed by atoms with Gasteiger partial charge in [-0.05, 0) is 57.1 Å². The van der Waals surface area contributed by atoms with Crippen LogP contribution in [-0.2, 0) is 9.73 Å². The highest BCUT2D eigenvalue weighted by molar-refractivity contribution is 7.93. The Labute approximate surface area is 215 Å². The highest BCUT2D eigenvalue weighted by Gasteiger charge is 2.30.